The van der Waals surface area contributed by atoms with Crippen molar-refractivity contribution < 1.29 is 0 Å². The number of benzene rings is 1. The zero-order chi connectivity index (χ0) is 12.4. The van der Waals surface area contributed by atoms with Crippen molar-refractivity contribution in [3.63, 3.8) is 0 Å². The first kappa shape index (κ1) is 11.7. The lowest BCUT2D eigenvalue weighted by Gasteiger charge is -2.35. The van der Waals surface area contributed by atoms with Crippen LogP contribution in [0.25, 0.3) is 10.9 Å². The van der Waals surface area contributed by atoms with Crippen LogP contribution in [0, 0.1) is 0 Å². The van der Waals surface area contributed by atoms with Gasteiger partial charge in [0.15, 0.2) is 0 Å². The van der Waals surface area contributed by atoms with Crippen LogP contribution >= 0.6 is 0 Å². The minimum Gasteiger partial charge on any atom is -0.297 e. The van der Waals surface area contributed by atoms with Gasteiger partial charge in [-0.1, -0.05) is 31.5 Å². The van der Waals surface area contributed by atoms with E-state index in [2.05, 4.69) is 47.3 Å². The van der Waals surface area contributed by atoms with Gasteiger partial charge in [-0.05, 0) is 43.6 Å². The Morgan fingerprint density at radius 1 is 1.28 bits per heavy atom. The van der Waals surface area contributed by atoms with Crippen molar-refractivity contribution in [1.82, 2.24) is 9.88 Å². The lowest BCUT2D eigenvalue weighted by molar-refractivity contribution is 0.157. The van der Waals surface area contributed by atoms with Crippen LogP contribution in [0.2, 0.25) is 0 Å². The minimum absolute atomic E-state index is 0.570. The van der Waals surface area contributed by atoms with E-state index in [1.54, 1.807) is 0 Å². The summed E-state index contributed by atoms with van der Waals surface area (Å²) in [5.41, 5.74) is 2.48. The fourth-order valence-corrected chi connectivity index (χ4v) is 3.02. The number of fused-ring (bicyclic) bond motifs is 1. The third kappa shape index (κ3) is 2.13. The highest BCUT2D eigenvalue weighted by molar-refractivity contribution is 5.78. The summed E-state index contributed by atoms with van der Waals surface area (Å²) in [5, 5.41) is 1.26. The molecular weight excluding hydrogens is 220 g/mol. The van der Waals surface area contributed by atoms with Crippen molar-refractivity contribution >= 4 is 10.9 Å². The summed E-state index contributed by atoms with van der Waals surface area (Å²) in [6.45, 7) is 4.62. The first-order valence-electron chi connectivity index (χ1n) is 6.97. The number of nitrogens with zero attached hydrogens (tertiary/aromatic N) is 2. The summed E-state index contributed by atoms with van der Waals surface area (Å²) < 4.78 is 0. The highest BCUT2D eigenvalue weighted by Crippen LogP contribution is 2.31. The largest absolute Gasteiger partial charge is 0.297 e. The van der Waals surface area contributed by atoms with Gasteiger partial charge in [-0.3, -0.25) is 9.88 Å². The summed E-state index contributed by atoms with van der Waals surface area (Å²) in [4.78, 5) is 7.18. The van der Waals surface area contributed by atoms with Crippen LogP contribution < -0.4 is 0 Å². The van der Waals surface area contributed by atoms with E-state index in [9.17, 15) is 0 Å². The number of para-hydroxylation sites is 1. The van der Waals surface area contributed by atoms with Crippen molar-refractivity contribution in [2.45, 2.75) is 32.2 Å². The Kier molecular flexibility index (Phi) is 3.28. The normalized spacial score (nSPS) is 21.3. The molecule has 1 fully saturated rings. The van der Waals surface area contributed by atoms with E-state index < -0.39 is 0 Å². The summed E-state index contributed by atoms with van der Waals surface area (Å²) in [7, 11) is 0. The van der Waals surface area contributed by atoms with Crippen LogP contribution in [0.4, 0.5) is 0 Å². The van der Waals surface area contributed by atoms with Crippen molar-refractivity contribution in [3.8, 4) is 0 Å². The van der Waals surface area contributed by atoms with E-state index >= 15 is 0 Å². The molecule has 2 heterocycles. The Morgan fingerprint density at radius 2 is 2.17 bits per heavy atom. The van der Waals surface area contributed by atoms with Crippen molar-refractivity contribution in [1.29, 1.82) is 0 Å². The molecule has 0 radical (unpaired) electrons. The number of aromatic nitrogens is 1. The van der Waals surface area contributed by atoms with E-state index in [0.717, 1.165) is 12.1 Å². The SMILES string of the molecule is CCN1CCCC[C@H]1c1cnc2ccccc2c1. The van der Waals surface area contributed by atoms with Crippen LogP contribution in [0.3, 0.4) is 0 Å². The third-order valence-electron chi connectivity index (χ3n) is 4.02. The molecule has 0 N–H and O–H groups in total. The second-order valence-electron chi connectivity index (χ2n) is 5.10. The number of pyridine rings is 1. The van der Waals surface area contributed by atoms with Gasteiger partial charge in [0.1, 0.15) is 0 Å². The van der Waals surface area contributed by atoms with Gasteiger partial charge in [0.25, 0.3) is 0 Å². The quantitative estimate of drug-likeness (QED) is 0.794. The molecule has 0 bridgehead atoms. The first-order valence-corrected chi connectivity index (χ1v) is 6.97. The maximum absolute atomic E-state index is 4.60. The maximum Gasteiger partial charge on any atom is 0.0702 e. The summed E-state index contributed by atoms with van der Waals surface area (Å²) in [6, 6.07) is 11.3. The topological polar surface area (TPSA) is 16.1 Å². The highest BCUT2D eigenvalue weighted by atomic mass is 15.2. The molecule has 0 amide bonds. The molecule has 0 unspecified atom stereocenters. The molecule has 2 nitrogen and oxygen atoms in total. The van der Waals surface area contributed by atoms with E-state index in [-0.39, 0.29) is 0 Å². The smallest absolute Gasteiger partial charge is 0.0702 e. The molecular formula is C16H20N2. The van der Waals surface area contributed by atoms with E-state index in [4.69, 9.17) is 0 Å². The molecule has 1 saturated heterocycles. The van der Waals surface area contributed by atoms with Crippen LogP contribution in [-0.2, 0) is 0 Å². The first-order chi connectivity index (χ1) is 8.88. The van der Waals surface area contributed by atoms with E-state index in [0.29, 0.717) is 6.04 Å². The number of hydrogen-bond acceptors (Lipinski definition) is 2. The summed E-state index contributed by atoms with van der Waals surface area (Å²) in [5.74, 6) is 0. The van der Waals surface area contributed by atoms with E-state index in [1.807, 2.05) is 6.07 Å². The fraction of sp³-hybridized carbons (Fsp3) is 0.438. The second kappa shape index (κ2) is 5.07. The molecule has 0 saturated carbocycles. The van der Waals surface area contributed by atoms with Crippen LogP contribution in [0.15, 0.2) is 36.5 Å². The van der Waals surface area contributed by atoms with Gasteiger partial charge in [-0.2, -0.15) is 0 Å². The maximum atomic E-state index is 4.60. The number of hydrogen-bond donors (Lipinski definition) is 0. The third-order valence-corrected chi connectivity index (χ3v) is 4.02. The lowest BCUT2D eigenvalue weighted by Crippen LogP contribution is -2.33. The van der Waals surface area contributed by atoms with Crippen molar-refractivity contribution in [2.24, 2.45) is 0 Å². The zero-order valence-corrected chi connectivity index (χ0v) is 11.0. The van der Waals surface area contributed by atoms with Gasteiger partial charge >= 0.3 is 0 Å². The van der Waals surface area contributed by atoms with Gasteiger partial charge in [0, 0.05) is 17.6 Å². The molecule has 94 valence electrons. The number of likely N-dealkylation sites (tertiary alicyclic amines) is 1. The highest BCUT2D eigenvalue weighted by Gasteiger charge is 2.22. The van der Waals surface area contributed by atoms with Gasteiger partial charge < -0.3 is 0 Å². The number of rotatable bonds is 2. The predicted octanol–water partition coefficient (Wildman–Crippen LogP) is 3.78. The predicted molar refractivity (Wildman–Crippen MR) is 75.6 cm³/mol. The van der Waals surface area contributed by atoms with Crippen LogP contribution in [0.5, 0.6) is 0 Å². The van der Waals surface area contributed by atoms with Crippen LogP contribution in [0.1, 0.15) is 37.8 Å². The zero-order valence-electron chi connectivity index (χ0n) is 11.0. The summed E-state index contributed by atoms with van der Waals surface area (Å²) >= 11 is 0. The molecule has 0 spiro atoms. The number of piperidine rings is 1. The minimum atomic E-state index is 0.570. The monoisotopic (exact) mass is 240 g/mol. The van der Waals surface area contributed by atoms with Gasteiger partial charge in [-0.15, -0.1) is 0 Å². The Morgan fingerprint density at radius 3 is 3.06 bits per heavy atom. The summed E-state index contributed by atoms with van der Waals surface area (Å²) in [6.07, 6.45) is 6.02. The van der Waals surface area contributed by atoms with Gasteiger partial charge in [0.2, 0.25) is 0 Å². The Hall–Kier alpha value is -1.41. The van der Waals surface area contributed by atoms with Gasteiger partial charge in [0.05, 0.1) is 5.52 Å². The molecule has 2 heteroatoms. The molecule has 0 aliphatic carbocycles. The molecule has 1 aliphatic heterocycles. The molecule has 2 aromatic rings. The molecule has 1 aromatic heterocycles. The molecule has 3 rings (SSSR count). The van der Waals surface area contributed by atoms with Gasteiger partial charge in [-0.25, -0.2) is 0 Å². The average molecular weight is 240 g/mol. The van der Waals surface area contributed by atoms with Crippen molar-refractivity contribution in [3.05, 3.63) is 42.1 Å². The average Bonchev–Trinajstić information content (AvgIpc) is 2.46. The Balaban J connectivity index is 1.97. The molecule has 1 atom stereocenters. The lowest BCUT2D eigenvalue weighted by atomic mass is 9.95. The van der Waals surface area contributed by atoms with Crippen molar-refractivity contribution in [2.75, 3.05) is 13.1 Å². The Labute approximate surface area is 109 Å². The molecule has 1 aromatic carbocycles. The standard InChI is InChI=1S/C16H20N2/c1-2-18-10-6-5-9-16(18)14-11-13-7-3-4-8-15(13)17-12-14/h3-4,7-8,11-12,16H,2,5-6,9-10H2,1H3/t16-/m0/s1. The van der Waals surface area contributed by atoms with Crippen LogP contribution in [-0.4, -0.2) is 23.0 Å². The molecule has 1 aliphatic rings. The fourth-order valence-electron chi connectivity index (χ4n) is 3.02. The second-order valence-corrected chi connectivity index (χ2v) is 5.10. The Bertz CT molecular complexity index is 535. The van der Waals surface area contributed by atoms with E-state index in [1.165, 1.54) is 36.8 Å². The molecule has 18 heavy (non-hydrogen) atoms.